The van der Waals surface area contributed by atoms with E-state index in [-0.39, 0.29) is 0 Å². The predicted octanol–water partition coefficient (Wildman–Crippen LogP) is 5.54. The minimum atomic E-state index is -0.903. The van der Waals surface area contributed by atoms with Crippen molar-refractivity contribution in [3.8, 4) is 0 Å². The zero-order valence-electron chi connectivity index (χ0n) is 11.9. The van der Waals surface area contributed by atoms with Gasteiger partial charge in [0.15, 0.2) is 0 Å². The van der Waals surface area contributed by atoms with E-state index in [1.807, 2.05) is 6.92 Å². The van der Waals surface area contributed by atoms with Crippen LogP contribution in [0.5, 0.6) is 0 Å². The average molecular weight is 248 g/mol. The molecule has 1 aliphatic rings. The number of allylic oxidation sites excluding steroid dienone is 7. The molecule has 2 unspecified atom stereocenters. The highest BCUT2D eigenvalue weighted by atomic mass is 19.1. The maximum Gasteiger partial charge on any atom is 0.124 e. The molecule has 0 N–H and O–H groups in total. The lowest BCUT2D eigenvalue weighted by atomic mass is 9.88. The quantitative estimate of drug-likeness (QED) is 0.541. The van der Waals surface area contributed by atoms with Crippen LogP contribution in [0, 0.1) is 5.92 Å². The second-order valence-electron chi connectivity index (χ2n) is 5.25. The van der Waals surface area contributed by atoms with Crippen LogP contribution in [-0.2, 0) is 0 Å². The number of rotatable bonds is 6. The predicted molar refractivity (Wildman–Crippen MR) is 78.3 cm³/mol. The molecular weight excluding hydrogens is 223 g/mol. The third kappa shape index (κ3) is 4.64. The summed E-state index contributed by atoms with van der Waals surface area (Å²) in [6, 6.07) is 0. The van der Waals surface area contributed by atoms with Gasteiger partial charge in [0.25, 0.3) is 0 Å². The molecule has 0 amide bonds. The Morgan fingerprint density at radius 2 is 2.17 bits per heavy atom. The highest BCUT2D eigenvalue weighted by Gasteiger charge is 2.14. The molecule has 2 atom stereocenters. The van der Waals surface area contributed by atoms with Crippen molar-refractivity contribution in [3.63, 3.8) is 0 Å². The molecule has 18 heavy (non-hydrogen) atoms. The molecular formula is C17H25F. The summed E-state index contributed by atoms with van der Waals surface area (Å²) < 4.78 is 13.7. The monoisotopic (exact) mass is 248 g/mol. The summed E-state index contributed by atoms with van der Waals surface area (Å²) in [5.41, 5.74) is 3.21. The Bertz CT molecular complexity index is 371. The van der Waals surface area contributed by atoms with Crippen molar-refractivity contribution >= 4 is 0 Å². The van der Waals surface area contributed by atoms with Crippen molar-refractivity contribution in [2.45, 2.75) is 52.6 Å². The fraction of sp³-hybridized carbons (Fsp3) is 0.529. The van der Waals surface area contributed by atoms with Crippen LogP contribution < -0.4 is 0 Å². The molecule has 0 saturated carbocycles. The fourth-order valence-electron chi connectivity index (χ4n) is 2.23. The van der Waals surface area contributed by atoms with Crippen molar-refractivity contribution < 1.29 is 4.39 Å². The standard InChI is InChI=1S/C17H25F/c1-5-15(12-17(18)13(2)3)11-14(4)16-9-7-6-8-10-16/h5,7,9-10,14,17H,2,6,8,11-12H2,1,3-4H3/b15-5-. The van der Waals surface area contributed by atoms with Crippen molar-refractivity contribution in [1.82, 2.24) is 0 Å². The van der Waals surface area contributed by atoms with E-state index in [1.54, 1.807) is 6.92 Å². The molecule has 0 spiro atoms. The highest BCUT2D eigenvalue weighted by molar-refractivity contribution is 5.26. The summed E-state index contributed by atoms with van der Waals surface area (Å²) in [6.45, 7) is 9.66. The molecule has 0 heterocycles. The Morgan fingerprint density at radius 3 is 2.67 bits per heavy atom. The molecule has 1 aliphatic carbocycles. The van der Waals surface area contributed by atoms with Crippen LogP contribution in [-0.4, -0.2) is 6.17 Å². The molecule has 0 aromatic heterocycles. The van der Waals surface area contributed by atoms with Gasteiger partial charge < -0.3 is 0 Å². The van der Waals surface area contributed by atoms with E-state index in [1.165, 1.54) is 11.1 Å². The fourth-order valence-corrected chi connectivity index (χ4v) is 2.23. The largest absolute Gasteiger partial charge is 0.242 e. The number of hydrogen-bond acceptors (Lipinski definition) is 0. The molecule has 0 radical (unpaired) electrons. The van der Waals surface area contributed by atoms with E-state index in [9.17, 15) is 4.39 Å². The van der Waals surface area contributed by atoms with Crippen LogP contribution in [0.2, 0.25) is 0 Å². The second-order valence-corrected chi connectivity index (χ2v) is 5.25. The van der Waals surface area contributed by atoms with Gasteiger partial charge in [-0.3, -0.25) is 0 Å². The number of hydrogen-bond donors (Lipinski definition) is 0. The van der Waals surface area contributed by atoms with Gasteiger partial charge in [0.2, 0.25) is 0 Å². The molecule has 0 bridgehead atoms. The Hall–Kier alpha value is -1.11. The highest BCUT2D eigenvalue weighted by Crippen LogP contribution is 2.27. The van der Waals surface area contributed by atoms with E-state index in [0.717, 1.165) is 19.3 Å². The van der Waals surface area contributed by atoms with Crippen LogP contribution >= 0.6 is 0 Å². The van der Waals surface area contributed by atoms with E-state index >= 15 is 0 Å². The van der Waals surface area contributed by atoms with Crippen molar-refractivity contribution in [3.05, 3.63) is 47.6 Å². The van der Waals surface area contributed by atoms with Gasteiger partial charge in [-0.2, -0.15) is 0 Å². The molecule has 0 nitrogen and oxygen atoms in total. The summed E-state index contributed by atoms with van der Waals surface area (Å²) in [4.78, 5) is 0. The normalized spacial score (nSPS) is 19.3. The van der Waals surface area contributed by atoms with E-state index in [4.69, 9.17) is 0 Å². The van der Waals surface area contributed by atoms with Crippen molar-refractivity contribution in [2.24, 2.45) is 5.92 Å². The van der Waals surface area contributed by atoms with Gasteiger partial charge in [-0.05, 0) is 50.2 Å². The van der Waals surface area contributed by atoms with E-state index in [2.05, 4.69) is 37.8 Å². The van der Waals surface area contributed by atoms with Crippen LogP contribution in [0.15, 0.2) is 47.6 Å². The summed E-state index contributed by atoms with van der Waals surface area (Å²) in [7, 11) is 0. The molecule has 1 heteroatoms. The van der Waals surface area contributed by atoms with Crippen LogP contribution in [0.25, 0.3) is 0 Å². The summed E-state index contributed by atoms with van der Waals surface area (Å²) >= 11 is 0. The van der Waals surface area contributed by atoms with Crippen molar-refractivity contribution in [1.29, 1.82) is 0 Å². The lowest BCUT2D eigenvalue weighted by molar-refractivity contribution is 0.374. The second kappa shape index (κ2) is 7.35. The SMILES string of the molecule is C=C(C)C(F)C/C(=C\C)CC(C)C1=CCCC=C1. The van der Waals surface area contributed by atoms with Gasteiger partial charge in [-0.25, -0.2) is 4.39 Å². The van der Waals surface area contributed by atoms with E-state index in [0.29, 0.717) is 17.9 Å². The molecule has 100 valence electrons. The Morgan fingerprint density at radius 1 is 1.44 bits per heavy atom. The number of halogens is 1. The maximum atomic E-state index is 13.7. The van der Waals surface area contributed by atoms with E-state index < -0.39 is 6.17 Å². The minimum Gasteiger partial charge on any atom is -0.242 e. The molecule has 0 fully saturated rings. The Kier molecular flexibility index (Phi) is 6.11. The Labute approximate surface area is 111 Å². The lowest BCUT2D eigenvalue weighted by Gasteiger charge is -2.19. The molecule has 0 aromatic rings. The Balaban J connectivity index is 2.55. The first-order valence-electron chi connectivity index (χ1n) is 6.84. The van der Waals surface area contributed by atoms with Gasteiger partial charge in [0.05, 0.1) is 0 Å². The van der Waals surface area contributed by atoms with Gasteiger partial charge in [0.1, 0.15) is 6.17 Å². The zero-order valence-corrected chi connectivity index (χ0v) is 11.9. The van der Waals surface area contributed by atoms with Gasteiger partial charge in [-0.15, -0.1) is 0 Å². The van der Waals surface area contributed by atoms with Gasteiger partial charge >= 0.3 is 0 Å². The first kappa shape index (κ1) is 14.9. The molecule has 0 saturated heterocycles. The third-order valence-corrected chi connectivity index (χ3v) is 3.55. The average Bonchev–Trinajstić information content (AvgIpc) is 2.38. The maximum absolute atomic E-state index is 13.7. The zero-order chi connectivity index (χ0) is 13.5. The minimum absolute atomic E-state index is 0.477. The topological polar surface area (TPSA) is 0 Å². The van der Waals surface area contributed by atoms with Crippen LogP contribution in [0.3, 0.4) is 0 Å². The summed E-state index contributed by atoms with van der Waals surface area (Å²) in [5, 5.41) is 0. The molecule has 0 aliphatic heterocycles. The van der Waals surface area contributed by atoms with Crippen LogP contribution in [0.1, 0.15) is 46.5 Å². The lowest BCUT2D eigenvalue weighted by Crippen LogP contribution is -2.07. The molecule has 0 aromatic carbocycles. The first-order valence-corrected chi connectivity index (χ1v) is 6.84. The number of alkyl halides is 1. The van der Waals surface area contributed by atoms with Gasteiger partial charge in [0, 0.05) is 6.42 Å². The van der Waals surface area contributed by atoms with Crippen molar-refractivity contribution in [2.75, 3.05) is 0 Å². The smallest absolute Gasteiger partial charge is 0.124 e. The van der Waals surface area contributed by atoms with Gasteiger partial charge in [-0.1, -0.05) is 43.4 Å². The third-order valence-electron chi connectivity index (χ3n) is 3.55. The van der Waals surface area contributed by atoms with Crippen LogP contribution in [0.4, 0.5) is 4.39 Å². The first-order chi connectivity index (χ1) is 8.54. The molecule has 1 rings (SSSR count). The summed E-state index contributed by atoms with van der Waals surface area (Å²) in [6.07, 6.45) is 11.6. The summed E-state index contributed by atoms with van der Waals surface area (Å²) in [5.74, 6) is 0.477.